The molecule has 42 heavy (non-hydrogen) atoms. The predicted octanol–water partition coefficient (Wildman–Crippen LogP) is 4.43. The van der Waals surface area contributed by atoms with E-state index in [1.807, 2.05) is 12.1 Å². The fourth-order valence-corrected chi connectivity index (χ4v) is 5.51. The molecule has 14 heteroatoms. The van der Waals surface area contributed by atoms with Gasteiger partial charge in [0.1, 0.15) is 23.1 Å². The van der Waals surface area contributed by atoms with Gasteiger partial charge in [0.05, 0.1) is 53.8 Å². The van der Waals surface area contributed by atoms with E-state index >= 15 is 0 Å². The number of aromatic nitrogens is 2. The fourth-order valence-electron chi connectivity index (χ4n) is 4.71. The van der Waals surface area contributed by atoms with Gasteiger partial charge in [-0.1, -0.05) is 0 Å². The maximum atomic E-state index is 12.5. The molecule has 6 rings (SSSR count). The van der Waals surface area contributed by atoms with Gasteiger partial charge in [-0.15, -0.1) is 0 Å². The first kappa shape index (κ1) is 30.0. The van der Waals surface area contributed by atoms with Crippen molar-refractivity contribution in [1.82, 2.24) is 14.9 Å². The molecular formula is C28H36BrN7O5S. The van der Waals surface area contributed by atoms with E-state index in [0.29, 0.717) is 58.0 Å². The summed E-state index contributed by atoms with van der Waals surface area (Å²) in [4.78, 5) is 13.8. The number of methoxy groups -OCH3 is 1. The highest BCUT2D eigenvalue weighted by Crippen LogP contribution is 2.41. The summed E-state index contributed by atoms with van der Waals surface area (Å²) >= 11 is 3.51. The summed E-state index contributed by atoms with van der Waals surface area (Å²) in [5, 5.41) is 6.54. The van der Waals surface area contributed by atoms with Gasteiger partial charge in [0.2, 0.25) is 16.0 Å². The lowest BCUT2D eigenvalue weighted by Crippen LogP contribution is -2.44. The van der Waals surface area contributed by atoms with E-state index in [1.165, 1.54) is 11.4 Å². The van der Waals surface area contributed by atoms with Gasteiger partial charge in [-0.3, -0.25) is 4.31 Å². The SMILES string of the molecule is COc1cc(N2CCN(C)CC2)c2cc1Nc1ncc(Br)c(n1)Nc1ccc(cc1N(C)S(C)(=O)=O)OCCCCO2. The molecule has 0 unspecified atom stereocenters. The van der Waals surface area contributed by atoms with Gasteiger partial charge in [-0.25, -0.2) is 13.4 Å². The molecule has 2 aromatic carbocycles. The molecule has 0 saturated carbocycles. The first-order valence-electron chi connectivity index (χ1n) is 13.7. The van der Waals surface area contributed by atoms with Crippen molar-refractivity contribution in [2.45, 2.75) is 12.8 Å². The third kappa shape index (κ3) is 6.93. The second kappa shape index (κ2) is 12.8. The lowest BCUT2D eigenvalue weighted by atomic mass is 10.2. The topological polar surface area (TPSA) is 121 Å². The predicted molar refractivity (Wildman–Crippen MR) is 169 cm³/mol. The molecule has 6 bridgehead atoms. The maximum Gasteiger partial charge on any atom is 0.232 e. The second-order valence-electron chi connectivity index (χ2n) is 10.3. The molecule has 1 aromatic heterocycles. The van der Waals surface area contributed by atoms with E-state index in [2.05, 4.69) is 53.4 Å². The minimum Gasteiger partial charge on any atom is -0.494 e. The molecule has 0 amide bonds. The highest BCUT2D eigenvalue weighted by Gasteiger charge is 2.22. The number of ether oxygens (including phenoxy) is 3. The molecule has 0 radical (unpaired) electrons. The number of benzene rings is 2. The first-order chi connectivity index (χ1) is 20.1. The van der Waals surface area contributed by atoms with E-state index in [-0.39, 0.29) is 0 Å². The Labute approximate surface area is 255 Å². The number of halogens is 1. The standard InChI is InChI=1S/C28H36BrN7O5S/c1-34-9-11-36(12-10-34)24-17-25(39-3)22-16-26(24)41-14-6-5-13-40-19-7-8-21(23(15-19)35(2)42(4,37)38)31-27-20(29)18-30-28(32-22)33-27/h7-8,15-18H,5-6,9-14H2,1-4H3,(H2,30,31,32,33). The molecule has 2 N–H and O–H groups in total. The Balaban J connectivity index is 1.54. The maximum absolute atomic E-state index is 12.5. The van der Waals surface area contributed by atoms with Crippen LogP contribution >= 0.6 is 15.9 Å². The Morgan fingerprint density at radius 3 is 2.48 bits per heavy atom. The van der Waals surface area contributed by atoms with Gasteiger partial charge in [-0.05, 0) is 48.0 Å². The summed E-state index contributed by atoms with van der Waals surface area (Å²) in [6.07, 6.45) is 4.30. The lowest BCUT2D eigenvalue weighted by Gasteiger charge is -2.35. The van der Waals surface area contributed by atoms with Crippen molar-refractivity contribution in [2.75, 3.05) is 86.7 Å². The molecular weight excluding hydrogens is 626 g/mol. The van der Waals surface area contributed by atoms with E-state index in [9.17, 15) is 8.42 Å². The van der Waals surface area contributed by atoms with E-state index in [1.54, 1.807) is 31.5 Å². The zero-order chi connectivity index (χ0) is 29.9. The third-order valence-electron chi connectivity index (χ3n) is 7.24. The van der Waals surface area contributed by atoms with Crippen LogP contribution in [0.15, 0.2) is 41.0 Å². The Morgan fingerprint density at radius 2 is 1.76 bits per heavy atom. The van der Waals surface area contributed by atoms with Crippen molar-refractivity contribution in [3.05, 3.63) is 41.0 Å². The van der Waals surface area contributed by atoms with Crippen LogP contribution in [-0.4, -0.2) is 90.1 Å². The van der Waals surface area contributed by atoms with Crippen LogP contribution in [0.1, 0.15) is 12.8 Å². The first-order valence-corrected chi connectivity index (χ1v) is 16.3. The van der Waals surface area contributed by atoms with Gasteiger partial charge < -0.3 is 34.6 Å². The van der Waals surface area contributed by atoms with Crippen LogP contribution in [0.3, 0.4) is 0 Å². The number of nitrogens with zero attached hydrogens (tertiary/aromatic N) is 5. The number of anilines is 6. The van der Waals surface area contributed by atoms with Gasteiger partial charge in [0, 0.05) is 57.6 Å². The summed E-state index contributed by atoms with van der Waals surface area (Å²) < 4.78 is 44.8. The van der Waals surface area contributed by atoms with Crippen molar-refractivity contribution in [3.8, 4) is 17.2 Å². The van der Waals surface area contributed by atoms with E-state index in [0.717, 1.165) is 56.7 Å². The Bertz CT molecular complexity index is 1530. The van der Waals surface area contributed by atoms with Crippen molar-refractivity contribution < 1.29 is 22.6 Å². The van der Waals surface area contributed by atoms with Crippen molar-refractivity contribution in [1.29, 1.82) is 0 Å². The van der Waals surface area contributed by atoms with Crippen molar-refractivity contribution in [2.24, 2.45) is 0 Å². The number of sulfonamides is 1. The Morgan fingerprint density at radius 1 is 1.02 bits per heavy atom. The molecule has 3 aliphatic rings. The second-order valence-corrected chi connectivity index (χ2v) is 13.1. The molecule has 226 valence electrons. The van der Waals surface area contributed by atoms with Crippen LogP contribution in [-0.2, 0) is 10.0 Å². The third-order valence-corrected chi connectivity index (χ3v) is 9.01. The number of likely N-dealkylation sites (N-methyl/N-ethyl adjacent to an activating group) is 1. The Hall–Kier alpha value is -3.49. The lowest BCUT2D eigenvalue weighted by molar-refractivity contribution is 0.265. The summed E-state index contributed by atoms with van der Waals surface area (Å²) in [6.45, 7) is 4.65. The normalized spacial score (nSPS) is 16.3. The molecule has 0 spiro atoms. The van der Waals surface area contributed by atoms with E-state index < -0.39 is 10.0 Å². The minimum absolute atomic E-state index is 0.316. The van der Waals surface area contributed by atoms with Crippen LogP contribution in [0, 0.1) is 0 Å². The zero-order valence-corrected chi connectivity index (χ0v) is 26.6. The zero-order valence-electron chi connectivity index (χ0n) is 24.2. The highest BCUT2D eigenvalue weighted by atomic mass is 79.9. The largest absolute Gasteiger partial charge is 0.494 e. The van der Waals surface area contributed by atoms with Crippen LogP contribution in [0.5, 0.6) is 17.2 Å². The smallest absolute Gasteiger partial charge is 0.232 e. The number of fused-ring (bicyclic) bond motifs is 7. The van der Waals surface area contributed by atoms with Crippen molar-refractivity contribution in [3.63, 3.8) is 0 Å². The average molecular weight is 663 g/mol. The van der Waals surface area contributed by atoms with Gasteiger partial charge in [0.25, 0.3) is 0 Å². The molecule has 0 atom stereocenters. The highest BCUT2D eigenvalue weighted by molar-refractivity contribution is 9.10. The molecule has 4 heterocycles. The number of hydrogen-bond acceptors (Lipinski definition) is 11. The van der Waals surface area contributed by atoms with Gasteiger partial charge in [0.15, 0.2) is 0 Å². The molecule has 1 fully saturated rings. The number of rotatable bonds is 4. The Kier molecular flexibility index (Phi) is 9.13. The monoisotopic (exact) mass is 661 g/mol. The number of nitrogens with one attached hydrogen (secondary N) is 2. The van der Waals surface area contributed by atoms with Crippen LogP contribution in [0.2, 0.25) is 0 Å². The summed E-state index contributed by atoms with van der Waals surface area (Å²) in [5.41, 5.74) is 2.60. The fraction of sp³-hybridized carbons (Fsp3) is 0.429. The van der Waals surface area contributed by atoms with E-state index in [4.69, 9.17) is 14.2 Å². The number of hydrogen-bond donors (Lipinski definition) is 2. The minimum atomic E-state index is -3.55. The van der Waals surface area contributed by atoms with Crippen LogP contribution in [0.25, 0.3) is 0 Å². The average Bonchev–Trinajstić information content (AvgIpc) is 2.96. The summed E-state index contributed by atoms with van der Waals surface area (Å²) in [6, 6.07) is 9.20. The summed E-state index contributed by atoms with van der Waals surface area (Å²) in [5.74, 6) is 2.71. The molecule has 3 aliphatic heterocycles. The summed E-state index contributed by atoms with van der Waals surface area (Å²) in [7, 11) is 1.71. The van der Waals surface area contributed by atoms with Crippen LogP contribution < -0.4 is 34.0 Å². The van der Waals surface area contributed by atoms with Gasteiger partial charge >= 0.3 is 0 Å². The quantitative estimate of drug-likeness (QED) is 0.413. The van der Waals surface area contributed by atoms with Crippen LogP contribution in [0.4, 0.5) is 34.5 Å². The number of piperazine rings is 1. The molecule has 3 aromatic rings. The molecule has 12 nitrogen and oxygen atoms in total. The van der Waals surface area contributed by atoms with Gasteiger partial charge in [-0.2, -0.15) is 4.98 Å². The molecule has 1 saturated heterocycles. The molecule has 0 aliphatic carbocycles. The van der Waals surface area contributed by atoms with Crippen molar-refractivity contribution >= 4 is 60.5 Å².